The van der Waals surface area contributed by atoms with Crippen molar-refractivity contribution in [2.45, 2.75) is 23.8 Å². The molecular formula is C13H17ClFN3O2S. The van der Waals surface area contributed by atoms with Gasteiger partial charge in [-0.3, -0.25) is 0 Å². The second-order valence-electron chi connectivity index (χ2n) is 5.68. The van der Waals surface area contributed by atoms with Gasteiger partial charge in [0.2, 0.25) is 10.0 Å². The first kappa shape index (κ1) is 15.0. The number of nitrogens with two attached hydrogens (primary N) is 1. The Morgan fingerprint density at radius 1 is 1.33 bits per heavy atom. The van der Waals surface area contributed by atoms with Crippen LogP contribution in [0.3, 0.4) is 0 Å². The van der Waals surface area contributed by atoms with Crippen LogP contribution >= 0.6 is 11.6 Å². The van der Waals surface area contributed by atoms with Gasteiger partial charge in [-0.1, -0.05) is 11.6 Å². The molecule has 3 saturated heterocycles. The van der Waals surface area contributed by atoms with Crippen LogP contribution in [-0.2, 0) is 10.0 Å². The van der Waals surface area contributed by atoms with Crippen LogP contribution in [0.5, 0.6) is 0 Å². The Balaban J connectivity index is 1.88. The molecule has 2 bridgehead atoms. The van der Waals surface area contributed by atoms with Gasteiger partial charge in [0.1, 0.15) is 4.90 Å². The van der Waals surface area contributed by atoms with E-state index >= 15 is 0 Å². The predicted molar refractivity (Wildman–Crippen MR) is 79.1 cm³/mol. The van der Waals surface area contributed by atoms with Gasteiger partial charge in [0.05, 0.1) is 5.02 Å². The van der Waals surface area contributed by atoms with Gasteiger partial charge in [-0.2, -0.15) is 0 Å². The molecule has 5 nitrogen and oxygen atoms in total. The van der Waals surface area contributed by atoms with Crippen molar-refractivity contribution in [2.24, 2.45) is 5.92 Å². The van der Waals surface area contributed by atoms with Crippen LogP contribution in [0.25, 0.3) is 0 Å². The van der Waals surface area contributed by atoms with Crippen molar-refractivity contribution >= 4 is 27.3 Å². The first-order chi connectivity index (χ1) is 9.87. The molecule has 1 atom stereocenters. The van der Waals surface area contributed by atoms with Crippen molar-refractivity contribution in [3.05, 3.63) is 23.0 Å². The van der Waals surface area contributed by atoms with Gasteiger partial charge in [-0.05, 0) is 44.0 Å². The molecule has 0 spiro atoms. The largest absolute Gasteiger partial charge is 0.399 e. The van der Waals surface area contributed by atoms with Crippen molar-refractivity contribution in [1.82, 2.24) is 9.62 Å². The number of hydrogen-bond acceptors (Lipinski definition) is 4. The number of nitrogens with one attached hydrogen (secondary N) is 1. The first-order valence-electron chi connectivity index (χ1n) is 6.86. The molecule has 21 heavy (non-hydrogen) atoms. The second-order valence-corrected chi connectivity index (χ2v) is 7.77. The van der Waals surface area contributed by atoms with E-state index in [1.54, 1.807) is 0 Å². The normalized spacial score (nSPS) is 28.8. The van der Waals surface area contributed by atoms with E-state index in [1.165, 1.54) is 6.07 Å². The molecule has 3 N–H and O–H groups in total. The van der Waals surface area contributed by atoms with Crippen LogP contribution in [0.2, 0.25) is 5.02 Å². The van der Waals surface area contributed by atoms with Gasteiger partial charge in [0.25, 0.3) is 0 Å². The highest BCUT2D eigenvalue weighted by Gasteiger charge is 2.37. The predicted octanol–water partition coefficient (Wildman–Crippen LogP) is 1.43. The third-order valence-corrected chi connectivity index (χ3v) is 6.03. The Bertz CT molecular complexity index is 660. The van der Waals surface area contributed by atoms with E-state index in [9.17, 15) is 12.8 Å². The van der Waals surface area contributed by atoms with Gasteiger partial charge < -0.3 is 10.6 Å². The Morgan fingerprint density at radius 3 is 2.57 bits per heavy atom. The van der Waals surface area contributed by atoms with Crippen molar-refractivity contribution in [3.63, 3.8) is 0 Å². The van der Waals surface area contributed by atoms with E-state index in [2.05, 4.69) is 9.62 Å². The minimum absolute atomic E-state index is 0.121. The average Bonchev–Trinajstić information content (AvgIpc) is 2.43. The van der Waals surface area contributed by atoms with Crippen LogP contribution in [0.1, 0.15) is 12.8 Å². The molecule has 0 aromatic heterocycles. The summed E-state index contributed by atoms with van der Waals surface area (Å²) in [5.74, 6) is -0.649. The summed E-state index contributed by atoms with van der Waals surface area (Å²) in [6.45, 7) is 2.67. The fourth-order valence-electron chi connectivity index (χ4n) is 3.14. The minimum Gasteiger partial charge on any atom is -0.399 e. The molecule has 0 amide bonds. The number of nitrogens with zero attached hydrogens (tertiary/aromatic N) is 1. The van der Waals surface area contributed by atoms with Crippen molar-refractivity contribution in [3.8, 4) is 0 Å². The molecule has 4 rings (SSSR count). The third-order valence-electron chi connectivity index (χ3n) is 4.27. The molecule has 3 fully saturated rings. The number of nitrogen functional groups attached to an aromatic ring is 1. The molecule has 0 saturated carbocycles. The molecule has 116 valence electrons. The van der Waals surface area contributed by atoms with Gasteiger partial charge in [-0.25, -0.2) is 17.5 Å². The molecule has 0 radical (unpaired) electrons. The topological polar surface area (TPSA) is 75.4 Å². The number of sulfonamides is 1. The Hall–Kier alpha value is -0.890. The molecule has 3 aliphatic heterocycles. The van der Waals surface area contributed by atoms with Crippen LogP contribution in [-0.4, -0.2) is 39.0 Å². The number of hydrogen-bond donors (Lipinski definition) is 2. The number of fused-ring (bicyclic) bond motifs is 3. The monoisotopic (exact) mass is 333 g/mol. The van der Waals surface area contributed by atoms with Crippen molar-refractivity contribution in [1.29, 1.82) is 0 Å². The lowest BCUT2D eigenvalue weighted by Gasteiger charge is -2.44. The average molecular weight is 334 g/mol. The van der Waals surface area contributed by atoms with E-state index in [0.717, 1.165) is 32.0 Å². The van der Waals surface area contributed by atoms with Crippen LogP contribution in [0.4, 0.5) is 10.1 Å². The maximum Gasteiger partial charge on any atom is 0.243 e. The third kappa shape index (κ3) is 2.88. The van der Waals surface area contributed by atoms with Crippen LogP contribution < -0.4 is 10.5 Å². The van der Waals surface area contributed by atoms with Crippen molar-refractivity contribution in [2.75, 3.05) is 25.4 Å². The summed E-state index contributed by atoms with van der Waals surface area (Å²) in [5, 5.41) is -0.288. The summed E-state index contributed by atoms with van der Waals surface area (Å²) in [5.41, 5.74) is 5.69. The number of anilines is 1. The van der Waals surface area contributed by atoms with E-state index in [0.29, 0.717) is 12.5 Å². The fourth-order valence-corrected chi connectivity index (χ4v) is 4.85. The zero-order valence-electron chi connectivity index (χ0n) is 11.4. The molecule has 8 heteroatoms. The maximum absolute atomic E-state index is 14.0. The van der Waals surface area contributed by atoms with E-state index in [1.807, 2.05) is 0 Å². The molecule has 3 heterocycles. The van der Waals surface area contributed by atoms with Gasteiger partial charge in [0.15, 0.2) is 5.82 Å². The van der Waals surface area contributed by atoms with Gasteiger partial charge in [0, 0.05) is 18.3 Å². The number of benzene rings is 1. The smallest absolute Gasteiger partial charge is 0.243 e. The van der Waals surface area contributed by atoms with Gasteiger partial charge >= 0.3 is 0 Å². The SMILES string of the molecule is Nc1cc(Cl)c(F)c(S(=O)(=O)NC2CN3CCC2CC3)c1. The second kappa shape index (κ2) is 5.39. The summed E-state index contributed by atoms with van der Waals surface area (Å²) in [4.78, 5) is 1.74. The van der Waals surface area contributed by atoms with E-state index < -0.39 is 20.7 Å². The minimum atomic E-state index is -3.97. The zero-order chi connectivity index (χ0) is 15.2. The van der Waals surface area contributed by atoms with E-state index in [-0.39, 0.29) is 16.8 Å². The summed E-state index contributed by atoms with van der Waals surface area (Å²) in [6.07, 6.45) is 1.93. The Labute approximate surface area is 128 Å². The highest BCUT2D eigenvalue weighted by atomic mass is 35.5. The number of piperidine rings is 3. The standard InChI is InChI=1S/C13H17ClFN3O2S/c14-10-5-9(16)6-12(13(10)15)21(19,20)17-11-7-18-3-1-8(11)2-4-18/h5-6,8,11,17H,1-4,7,16H2. The van der Waals surface area contributed by atoms with E-state index in [4.69, 9.17) is 17.3 Å². The molecule has 0 aliphatic carbocycles. The molecular weight excluding hydrogens is 317 g/mol. The number of rotatable bonds is 3. The van der Waals surface area contributed by atoms with Crippen LogP contribution in [0, 0.1) is 11.7 Å². The van der Waals surface area contributed by atoms with Crippen LogP contribution in [0.15, 0.2) is 17.0 Å². The fraction of sp³-hybridized carbons (Fsp3) is 0.538. The summed E-state index contributed by atoms with van der Waals surface area (Å²) in [7, 11) is -3.97. The van der Waals surface area contributed by atoms with Crippen molar-refractivity contribution < 1.29 is 12.8 Å². The van der Waals surface area contributed by atoms with Gasteiger partial charge in [-0.15, -0.1) is 0 Å². The Morgan fingerprint density at radius 2 is 2.00 bits per heavy atom. The lowest BCUT2D eigenvalue weighted by atomic mass is 9.85. The Kier molecular flexibility index (Phi) is 3.85. The number of halogens is 2. The molecule has 1 aromatic carbocycles. The lowest BCUT2D eigenvalue weighted by Crippen LogP contribution is -2.57. The quantitative estimate of drug-likeness (QED) is 0.821. The zero-order valence-corrected chi connectivity index (χ0v) is 12.9. The summed E-state index contributed by atoms with van der Waals surface area (Å²) in [6, 6.07) is 2.12. The molecule has 1 aromatic rings. The molecule has 1 unspecified atom stereocenters. The highest BCUT2D eigenvalue weighted by Crippen LogP contribution is 2.30. The highest BCUT2D eigenvalue weighted by molar-refractivity contribution is 7.89. The first-order valence-corrected chi connectivity index (χ1v) is 8.72. The molecule has 3 aliphatic rings. The maximum atomic E-state index is 14.0. The lowest BCUT2D eigenvalue weighted by molar-refractivity contribution is 0.0827. The summed E-state index contributed by atoms with van der Waals surface area (Å²) >= 11 is 5.68. The summed E-state index contributed by atoms with van der Waals surface area (Å²) < 4.78 is 41.5.